The summed E-state index contributed by atoms with van der Waals surface area (Å²) >= 11 is 0. The minimum Gasteiger partial charge on any atom is -0.491 e. The molecule has 0 aliphatic heterocycles. The third-order valence-electron chi connectivity index (χ3n) is 2.81. The van der Waals surface area contributed by atoms with Crippen LogP contribution in [0.4, 0.5) is 0 Å². The Labute approximate surface area is 130 Å². The second-order valence-corrected chi connectivity index (χ2v) is 5.80. The molecule has 0 aromatic carbocycles. The molecular weight excluding hydrogens is 286 g/mol. The van der Waals surface area contributed by atoms with Crippen LogP contribution in [-0.2, 0) is 27.9 Å². The molecule has 0 saturated carbocycles. The van der Waals surface area contributed by atoms with E-state index in [1.54, 1.807) is 38.6 Å². The van der Waals surface area contributed by atoms with Crippen molar-refractivity contribution in [1.29, 1.82) is 0 Å². The number of nitrogens with zero attached hydrogens (tertiary/aromatic N) is 1. The number of pyridine rings is 1. The minimum atomic E-state index is -0.587. The highest BCUT2D eigenvalue weighted by molar-refractivity contribution is 5.87. The lowest BCUT2D eigenvalue weighted by molar-refractivity contribution is -0.148. The molecule has 1 aromatic rings. The quantitative estimate of drug-likeness (QED) is 0.614. The van der Waals surface area contributed by atoms with Gasteiger partial charge in [-0.3, -0.25) is 4.79 Å². The van der Waals surface area contributed by atoms with E-state index in [0.717, 1.165) is 0 Å². The molecular formula is C16H23NO5. The Morgan fingerprint density at radius 2 is 1.95 bits per heavy atom. The highest BCUT2D eigenvalue weighted by atomic mass is 16.6. The summed E-state index contributed by atoms with van der Waals surface area (Å²) in [6.45, 7) is 5.57. The molecule has 6 heteroatoms. The molecule has 0 aliphatic rings. The van der Waals surface area contributed by atoms with Crippen molar-refractivity contribution >= 4 is 12.0 Å². The molecule has 0 atom stereocenters. The van der Waals surface area contributed by atoms with Gasteiger partial charge in [-0.25, -0.2) is 4.79 Å². The fourth-order valence-corrected chi connectivity index (χ4v) is 1.89. The van der Waals surface area contributed by atoms with Gasteiger partial charge in [0.15, 0.2) is 5.75 Å². The van der Waals surface area contributed by atoms with Crippen LogP contribution in [0.3, 0.4) is 0 Å². The summed E-state index contributed by atoms with van der Waals surface area (Å²) in [5, 5.41) is 0. The standard InChI is InChI=1S/C16H23NO5/c1-16(2,3)22-14(18)8-7-11-12(10-20-5)17(4)9-13(21-6)15(11)19/h7-9H,10H2,1-6H3/b8-7+. The summed E-state index contributed by atoms with van der Waals surface area (Å²) in [5.41, 5.74) is 0.103. The molecule has 0 radical (unpaired) electrons. The molecule has 0 aliphatic carbocycles. The maximum atomic E-state index is 12.3. The summed E-state index contributed by atoms with van der Waals surface area (Å²) in [5.74, 6) is -0.313. The summed E-state index contributed by atoms with van der Waals surface area (Å²) < 4.78 is 17.1. The van der Waals surface area contributed by atoms with E-state index in [1.165, 1.54) is 26.4 Å². The van der Waals surface area contributed by atoms with Crippen LogP contribution >= 0.6 is 0 Å². The molecule has 0 spiro atoms. The first-order chi connectivity index (χ1) is 10.2. The molecule has 0 unspecified atom stereocenters. The normalized spacial score (nSPS) is 11.7. The number of aromatic nitrogens is 1. The van der Waals surface area contributed by atoms with Gasteiger partial charge in [0.05, 0.1) is 25.6 Å². The van der Waals surface area contributed by atoms with Crippen LogP contribution in [0, 0.1) is 0 Å². The SMILES string of the molecule is COCc1c(/C=C/C(=O)OC(C)(C)C)c(=O)c(OC)cn1C. The van der Waals surface area contributed by atoms with Crippen molar-refractivity contribution < 1.29 is 19.0 Å². The van der Waals surface area contributed by atoms with Gasteiger partial charge in [-0.1, -0.05) is 0 Å². The fourth-order valence-electron chi connectivity index (χ4n) is 1.89. The third kappa shape index (κ3) is 4.73. The van der Waals surface area contributed by atoms with E-state index in [2.05, 4.69) is 0 Å². The summed E-state index contributed by atoms with van der Waals surface area (Å²) in [6.07, 6.45) is 4.26. The summed E-state index contributed by atoms with van der Waals surface area (Å²) in [4.78, 5) is 24.1. The van der Waals surface area contributed by atoms with E-state index in [1.807, 2.05) is 0 Å². The van der Waals surface area contributed by atoms with E-state index in [9.17, 15) is 9.59 Å². The predicted octanol–water partition coefficient (Wildman–Crippen LogP) is 1.90. The van der Waals surface area contributed by atoms with Crippen molar-refractivity contribution in [2.45, 2.75) is 33.0 Å². The minimum absolute atomic E-state index is 0.200. The van der Waals surface area contributed by atoms with E-state index in [4.69, 9.17) is 14.2 Å². The van der Waals surface area contributed by atoms with Gasteiger partial charge in [-0.05, 0) is 26.8 Å². The highest BCUT2D eigenvalue weighted by Crippen LogP contribution is 2.14. The molecule has 22 heavy (non-hydrogen) atoms. The van der Waals surface area contributed by atoms with Crippen molar-refractivity contribution in [1.82, 2.24) is 4.57 Å². The second-order valence-electron chi connectivity index (χ2n) is 5.80. The monoisotopic (exact) mass is 309 g/mol. The number of ether oxygens (including phenoxy) is 3. The molecule has 1 aromatic heterocycles. The molecule has 1 heterocycles. The third-order valence-corrected chi connectivity index (χ3v) is 2.81. The Hall–Kier alpha value is -2.08. The van der Waals surface area contributed by atoms with Crippen LogP contribution in [0.2, 0.25) is 0 Å². The van der Waals surface area contributed by atoms with Crippen molar-refractivity contribution in [3.05, 3.63) is 33.8 Å². The first-order valence-corrected chi connectivity index (χ1v) is 6.86. The number of hydrogen-bond acceptors (Lipinski definition) is 5. The molecule has 0 amide bonds. The Balaban J connectivity index is 3.24. The Bertz CT molecular complexity index is 623. The zero-order valence-electron chi connectivity index (χ0n) is 13.9. The Morgan fingerprint density at radius 1 is 1.32 bits per heavy atom. The lowest BCUT2D eigenvalue weighted by atomic mass is 10.1. The lowest BCUT2D eigenvalue weighted by Crippen LogP contribution is -2.23. The van der Waals surface area contributed by atoms with Gasteiger partial charge in [0, 0.05) is 25.8 Å². The average molecular weight is 309 g/mol. The molecule has 1 rings (SSSR count). The number of rotatable bonds is 5. The van der Waals surface area contributed by atoms with Crippen molar-refractivity contribution in [2.75, 3.05) is 14.2 Å². The average Bonchev–Trinajstić information content (AvgIpc) is 2.40. The van der Waals surface area contributed by atoms with Gasteiger partial charge in [0.2, 0.25) is 5.43 Å². The number of aryl methyl sites for hydroxylation is 1. The molecule has 122 valence electrons. The molecule has 0 N–H and O–H groups in total. The van der Waals surface area contributed by atoms with Gasteiger partial charge < -0.3 is 18.8 Å². The number of hydrogen-bond donors (Lipinski definition) is 0. The van der Waals surface area contributed by atoms with Gasteiger partial charge in [0.1, 0.15) is 5.60 Å². The van der Waals surface area contributed by atoms with Gasteiger partial charge >= 0.3 is 5.97 Å². The molecule has 0 saturated heterocycles. The number of esters is 1. The first-order valence-electron chi connectivity index (χ1n) is 6.86. The van der Waals surface area contributed by atoms with Crippen LogP contribution in [0.5, 0.6) is 5.75 Å². The van der Waals surface area contributed by atoms with Gasteiger partial charge in [0.25, 0.3) is 0 Å². The molecule has 0 bridgehead atoms. The largest absolute Gasteiger partial charge is 0.491 e. The van der Waals surface area contributed by atoms with Crippen LogP contribution in [-0.4, -0.2) is 30.4 Å². The number of carbonyl (C=O) groups is 1. The second kappa shape index (κ2) is 7.26. The van der Waals surface area contributed by atoms with Crippen molar-refractivity contribution in [3.63, 3.8) is 0 Å². The first kappa shape index (κ1) is 18.0. The predicted molar refractivity (Wildman–Crippen MR) is 83.8 cm³/mol. The topological polar surface area (TPSA) is 66.8 Å². The maximum absolute atomic E-state index is 12.3. The zero-order chi connectivity index (χ0) is 16.9. The van der Waals surface area contributed by atoms with E-state index >= 15 is 0 Å². The molecule has 0 fully saturated rings. The number of methoxy groups -OCH3 is 2. The number of carbonyl (C=O) groups excluding carboxylic acids is 1. The van der Waals surface area contributed by atoms with E-state index in [-0.39, 0.29) is 17.8 Å². The van der Waals surface area contributed by atoms with Crippen LogP contribution < -0.4 is 10.2 Å². The van der Waals surface area contributed by atoms with Crippen LogP contribution in [0.25, 0.3) is 6.08 Å². The van der Waals surface area contributed by atoms with E-state index < -0.39 is 11.6 Å². The Kier molecular flexibility index (Phi) is 5.93. The Morgan fingerprint density at radius 3 is 2.45 bits per heavy atom. The fraction of sp³-hybridized carbons (Fsp3) is 0.500. The van der Waals surface area contributed by atoms with Gasteiger partial charge in [-0.2, -0.15) is 0 Å². The van der Waals surface area contributed by atoms with E-state index in [0.29, 0.717) is 11.3 Å². The molecule has 6 nitrogen and oxygen atoms in total. The van der Waals surface area contributed by atoms with Crippen molar-refractivity contribution in [2.24, 2.45) is 7.05 Å². The smallest absolute Gasteiger partial charge is 0.331 e. The lowest BCUT2D eigenvalue weighted by Gasteiger charge is -2.18. The maximum Gasteiger partial charge on any atom is 0.331 e. The summed E-state index contributed by atoms with van der Waals surface area (Å²) in [7, 11) is 4.74. The highest BCUT2D eigenvalue weighted by Gasteiger charge is 2.16. The van der Waals surface area contributed by atoms with Gasteiger partial charge in [-0.15, -0.1) is 0 Å². The zero-order valence-corrected chi connectivity index (χ0v) is 13.9. The van der Waals surface area contributed by atoms with Crippen molar-refractivity contribution in [3.8, 4) is 5.75 Å². The van der Waals surface area contributed by atoms with Crippen LogP contribution in [0.15, 0.2) is 17.1 Å². The van der Waals surface area contributed by atoms with Crippen LogP contribution in [0.1, 0.15) is 32.0 Å². The summed E-state index contributed by atoms with van der Waals surface area (Å²) in [6, 6.07) is 0.